The molecule has 23 heavy (non-hydrogen) atoms. The van der Waals surface area contributed by atoms with E-state index >= 15 is 0 Å². The van der Waals surface area contributed by atoms with Crippen LogP contribution in [0.4, 0.5) is 0 Å². The number of halogens is 1. The molecule has 1 unspecified atom stereocenters. The van der Waals surface area contributed by atoms with E-state index in [1.165, 1.54) is 32.4 Å². The van der Waals surface area contributed by atoms with Crippen LogP contribution >= 0.6 is 11.6 Å². The van der Waals surface area contributed by atoms with Gasteiger partial charge in [-0.15, -0.1) is 0 Å². The zero-order valence-electron chi connectivity index (χ0n) is 13.0. The van der Waals surface area contributed by atoms with Crippen molar-refractivity contribution < 1.29 is 27.5 Å². The van der Waals surface area contributed by atoms with Crippen molar-refractivity contribution in [3.8, 4) is 0 Å². The Hall–Kier alpha value is -1.61. The fraction of sp³-hybridized carbons (Fsp3) is 0.357. The van der Waals surface area contributed by atoms with Crippen molar-refractivity contribution in [3.63, 3.8) is 0 Å². The highest BCUT2D eigenvalue weighted by molar-refractivity contribution is 7.90. The van der Waals surface area contributed by atoms with E-state index in [0.29, 0.717) is 0 Å². The molecule has 0 saturated heterocycles. The summed E-state index contributed by atoms with van der Waals surface area (Å²) in [6.07, 6.45) is 2.58. The molecule has 1 heterocycles. The molecule has 1 aliphatic rings. The normalized spacial score (nSPS) is 20.8. The van der Waals surface area contributed by atoms with Gasteiger partial charge in [-0.25, -0.2) is 18.0 Å². The molecule has 1 aromatic rings. The molecule has 0 amide bonds. The number of sulfone groups is 1. The molecule has 0 aliphatic carbocycles. The van der Waals surface area contributed by atoms with Crippen LogP contribution in [0.5, 0.6) is 0 Å². The lowest BCUT2D eigenvalue weighted by molar-refractivity contribution is -0.187. The van der Waals surface area contributed by atoms with E-state index in [1.807, 2.05) is 0 Å². The average Bonchev–Trinajstić information content (AvgIpc) is 2.88. The largest absolute Gasteiger partial charge is 0.465 e. The number of nitrogens with one attached hydrogen (secondary N) is 1. The Kier molecular flexibility index (Phi) is 4.72. The topological polar surface area (TPSA) is 90.9 Å². The summed E-state index contributed by atoms with van der Waals surface area (Å²) in [5.41, 5.74) is 3.04. The summed E-state index contributed by atoms with van der Waals surface area (Å²) in [6, 6.07) is 2.60. The SMILES string of the molecule is COC(=O)c1ccc(S(C)(=O)=O)c(C2=CC(C)(OC)ON2)c1Cl. The van der Waals surface area contributed by atoms with Crippen LogP contribution in [0.2, 0.25) is 5.02 Å². The Labute approximate surface area is 139 Å². The standard InChI is InChI=1S/C14H16ClNO6S/c1-14(21-3)7-9(16-22-14)11-10(23(4,18)19)6-5-8(12(11)15)13(17)20-2/h5-7,16H,1-4H3. The van der Waals surface area contributed by atoms with Crippen LogP contribution in [0.15, 0.2) is 23.1 Å². The number of hydroxylamine groups is 1. The van der Waals surface area contributed by atoms with E-state index in [1.54, 1.807) is 6.92 Å². The second-order valence-electron chi connectivity index (χ2n) is 5.05. The number of hydrogen-bond donors (Lipinski definition) is 1. The van der Waals surface area contributed by atoms with E-state index in [9.17, 15) is 13.2 Å². The number of carbonyl (C=O) groups excluding carboxylic acids is 1. The van der Waals surface area contributed by atoms with Crippen molar-refractivity contribution in [2.45, 2.75) is 17.6 Å². The Morgan fingerprint density at radius 3 is 2.48 bits per heavy atom. The summed E-state index contributed by atoms with van der Waals surface area (Å²) in [4.78, 5) is 17.0. The fourth-order valence-corrected chi connectivity index (χ4v) is 3.38. The maximum Gasteiger partial charge on any atom is 0.339 e. The third kappa shape index (κ3) is 3.35. The summed E-state index contributed by atoms with van der Waals surface area (Å²) in [5.74, 6) is -1.76. The number of esters is 1. The molecule has 1 atom stereocenters. The van der Waals surface area contributed by atoms with Crippen LogP contribution < -0.4 is 5.48 Å². The van der Waals surface area contributed by atoms with Gasteiger partial charge in [-0.05, 0) is 19.1 Å². The Morgan fingerprint density at radius 2 is 2.00 bits per heavy atom. The number of ether oxygens (including phenoxy) is 2. The quantitative estimate of drug-likeness (QED) is 0.817. The zero-order valence-corrected chi connectivity index (χ0v) is 14.5. The van der Waals surface area contributed by atoms with Crippen LogP contribution in [-0.4, -0.2) is 40.6 Å². The molecule has 0 fully saturated rings. The number of hydrogen-bond acceptors (Lipinski definition) is 7. The molecule has 0 radical (unpaired) electrons. The number of benzene rings is 1. The van der Waals surface area contributed by atoms with Gasteiger partial charge >= 0.3 is 5.97 Å². The first-order valence-electron chi connectivity index (χ1n) is 6.46. The van der Waals surface area contributed by atoms with Gasteiger partial charge in [0.2, 0.25) is 5.79 Å². The molecule has 0 aromatic heterocycles. The predicted octanol–water partition coefficient (Wildman–Crippen LogP) is 1.77. The van der Waals surface area contributed by atoms with Gasteiger partial charge in [0.05, 0.1) is 28.3 Å². The van der Waals surface area contributed by atoms with Crippen molar-refractivity contribution >= 4 is 33.1 Å². The van der Waals surface area contributed by atoms with Crippen LogP contribution in [0, 0.1) is 0 Å². The summed E-state index contributed by atoms with van der Waals surface area (Å²) >= 11 is 6.27. The minimum absolute atomic E-state index is 0.0437. The van der Waals surface area contributed by atoms with Crippen molar-refractivity contribution in [2.75, 3.05) is 20.5 Å². The van der Waals surface area contributed by atoms with Gasteiger partial charge in [-0.2, -0.15) is 0 Å². The Morgan fingerprint density at radius 1 is 1.35 bits per heavy atom. The van der Waals surface area contributed by atoms with Gasteiger partial charge < -0.3 is 9.47 Å². The zero-order chi connectivity index (χ0) is 17.4. The smallest absolute Gasteiger partial charge is 0.339 e. The molecule has 126 valence electrons. The van der Waals surface area contributed by atoms with Gasteiger partial charge in [0.25, 0.3) is 0 Å². The van der Waals surface area contributed by atoms with Gasteiger partial charge in [0.15, 0.2) is 9.84 Å². The van der Waals surface area contributed by atoms with E-state index in [4.69, 9.17) is 21.2 Å². The second kappa shape index (κ2) is 6.12. The molecule has 0 spiro atoms. The molecule has 0 bridgehead atoms. The summed E-state index contributed by atoms with van der Waals surface area (Å²) in [6.45, 7) is 1.63. The van der Waals surface area contributed by atoms with Crippen LogP contribution in [-0.2, 0) is 24.1 Å². The third-order valence-corrected chi connectivity index (χ3v) is 4.89. The monoisotopic (exact) mass is 361 g/mol. The first-order chi connectivity index (χ1) is 10.6. The van der Waals surface area contributed by atoms with E-state index in [2.05, 4.69) is 10.2 Å². The molecule has 1 aromatic carbocycles. The molecular weight excluding hydrogens is 346 g/mol. The average molecular weight is 362 g/mol. The number of carbonyl (C=O) groups is 1. The van der Waals surface area contributed by atoms with Crippen molar-refractivity contribution in [1.82, 2.24) is 5.48 Å². The van der Waals surface area contributed by atoms with E-state index < -0.39 is 21.6 Å². The van der Waals surface area contributed by atoms with Gasteiger partial charge in [0.1, 0.15) is 0 Å². The lowest BCUT2D eigenvalue weighted by atomic mass is 10.1. The maximum atomic E-state index is 12.0. The van der Waals surface area contributed by atoms with Crippen molar-refractivity contribution in [2.24, 2.45) is 0 Å². The number of methoxy groups -OCH3 is 2. The molecule has 2 rings (SSSR count). The molecule has 9 heteroatoms. The van der Waals surface area contributed by atoms with E-state index in [-0.39, 0.29) is 26.7 Å². The van der Waals surface area contributed by atoms with Gasteiger partial charge in [0, 0.05) is 25.0 Å². The highest BCUT2D eigenvalue weighted by Crippen LogP contribution is 2.36. The number of rotatable bonds is 4. The van der Waals surface area contributed by atoms with Gasteiger partial charge in [-0.3, -0.25) is 5.48 Å². The minimum Gasteiger partial charge on any atom is -0.465 e. The highest BCUT2D eigenvalue weighted by Gasteiger charge is 2.34. The predicted molar refractivity (Wildman–Crippen MR) is 83.5 cm³/mol. The van der Waals surface area contributed by atoms with Crippen LogP contribution in [0.1, 0.15) is 22.8 Å². The van der Waals surface area contributed by atoms with Crippen LogP contribution in [0.3, 0.4) is 0 Å². The first-order valence-corrected chi connectivity index (χ1v) is 8.73. The minimum atomic E-state index is -3.60. The van der Waals surface area contributed by atoms with Crippen LogP contribution in [0.25, 0.3) is 5.70 Å². The molecule has 0 saturated carbocycles. The highest BCUT2D eigenvalue weighted by atomic mass is 35.5. The third-order valence-electron chi connectivity index (χ3n) is 3.35. The van der Waals surface area contributed by atoms with Crippen molar-refractivity contribution in [1.29, 1.82) is 0 Å². The second-order valence-corrected chi connectivity index (χ2v) is 7.41. The fourth-order valence-electron chi connectivity index (χ4n) is 2.09. The lowest BCUT2D eigenvalue weighted by Crippen LogP contribution is -2.27. The lowest BCUT2D eigenvalue weighted by Gasteiger charge is -2.17. The first kappa shape index (κ1) is 17.7. The Bertz CT molecular complexity index is 789. The van der Waals surface area contributed by atoms with E-state index in [0.717, 1.165) is 6.26 Å². The molecule has 1 aliphatic heterocycles. The molecular formula is C14H16ClNO6S. The summed E-state index contributed by atoms with van der Waals surface area (Å²) in [7, 11) is -0.955. The summed E-state index contributed by atoms with van der Waals surface area (Å²) in [5, 5.41) is -0.0533. The maximum absolute atomic E-state index is 12.0. The molecule has 1 N–H and O–H groups in total. The van der Waals surface area contributed by atoms with Gasteiger partial charge in [-0.1, -0.05) is 11.6 Å². The Balaban J connectivity index is 2.74. The summed E-state index contributed by atoms with van der Waals surface area (Å²) < 4.78 is 33.9. The molecule has 7 nitrogen and oxygen atoms in total. The van der Waals surface area contributed by atoms with Crippen molar-refractivity contribution in [3.05, 3.63) is 34.4 Å².